The smallest absolute Gasteiger partial charge is 0.340 e. The first kappa shape index (κ1) is 20.6. The molecule has 0 bridgehead atoms. The zero-order valence-electron chi connectivity index (χ0n) is 16.4. The number of nitriles is 1. The van der Waals surface area contributed by atoms with Gasteiger partial charge in [0.25, 0.3) is 5.91 Å². The molecule has 0 aliphatic rings. The summed E-state index contributed by atoms with van der Waals surface area (Å²) in [5.74, 6) is -1.67. The number of aromatic nitrogens is 1. The van der Waals surface area contributed by atoms with Gasteiger partial charge < -0.3 is 19.4 Å². The average Bonchev–Trinajstić information content (AvgIpc) is 3.11. The molecule has 1 N–H and O–H groups in total. The molecule has 3 rings (SSSR count). The van der Waals surface area contributed by atoms with Gasteiger partial charge in [0.15, 0.2) is 6.10 Å². The Morgan fingerprint density at radius 1 is 1.17 bits per heavy atom. The second-order valence-electron chi connectivity index (χ2n) is 6.49. The van der Waals surface area contributed by atoms with Crippen LogP contribution in [0.3, 0.4) is 0 Å². The Morgan fingerprint density at radius 3 is 2.67 bits per heavy atom. The Kier molecular flexibility index (Phi) is 6.13. The number of hydrogen-bond donors (Lipinski definition) is 1. The highest BCUT2D eigenvalue weighted by atomic mass is 16.5. The van der Waals surface area contributed by atoms with E-state index < -0.39 is 23.9 Å². The Labute approximate surface area is 172 Å². The van der Waals surface area contributed by atoms with Crippen LogP contribution in [0.25, 0.3) is 10.9 Å². The minimum absolute atomic E-state index is 0.182. The Balaban J connectivity index is 1.68. The third-order valence-corrected chi connectivity index (χ3v) is 4.43. The van der Waals surface area contributed by atoms with E-state index in [4.69, 9.17) is 14.7 Å². The zero-order valence-corrected chi connectivity index (χ0v) is 16.4. The Hall–Kier alpha value is -4.12. The number of hydrogen-bond acceptors (Lipinski definition) is 6. The van der Waals surface area contributed by atoms with Gasteiger partial charge in [-0.2, -0.15) is 5.26 Å². The van der Waals surface area contributed by atoms with Crippen molar-refractivity contribution in [3.05, 3.63) is 65.9 Å². The minimum atomic E-state index is -1.05. The molecule has 1 aromatic heterocycles. The van der Waals surface area contributed by atoms with Crippen molar-refractivity contribution in [1.82, 2.24) is 4.57 Å². The van der Waals surface area contributed by atoms with E-state index in [0.717, 1.165) is 0 Å². The van der Waals surface area contributed by atoms with E-state index in [1.165, 1.54) is 26.3 Å². The lowest BCUT2D eigenvalue weighted by Gasteiger charge is -2.14. The molecule has 1 atom stereocenters. The summed E-state index contributed by atoms with van der Waals surface area (Å²) in [4.78, 5) is 36.7. The van der Waals surface area contributed by atoms with Crippen LogP contribution in [0.5, 0.6) is 0 Å². The maximum absolute atomic E-state index is 12.4. The Morgan fingerprint density at radius 2 is 1.93 bits per heavy atom. The van der Waals surface area contributed by atoms with Crippen LogP contribution >= 0.6 is 0 Å². The van der Waals surface area contributed by atoms with E-state index in [1.54, 1.807) is 47.0 Å². The molecule has 8 heteroatoms. The molecule has 152 valence electrons. The fraction of sp³-hybridized carbons (Fsp3) is 0.182. The first-order valence-corrected chi connectivity index (χ1v) is 9.09. The van der Waals surface area contributed by atoms with Gasteiger partial charge in [0.2, 0.25) is 0 Å². The van der Waals surface area contributed by atoms with Gasteiger partial charge in [-0.3, -0.25) is 9.59 Å². The second kappa shape index (κ2) is 8.92. The second-order valence-corrected chi connectivity index (χ2v) is 6.49. The van der Waals surface area contributed by atoms with Gasteiger partial charge in [-0.05, 0) is 31.2 Å². The topological polar surface area (TPSA) is 110 Å². The van der Waals surface area contributed by atoms with Crippen LogP contribution < -0.4 is 5.32 Å². The molecular weight excluding hydrogens is 386 g/mol. The molecule has 3 aromatic rings. The van der Waals surface area contributed by atoms with Crippen LogP contribution in [0.1, 0.15) is 22.8 Å². The van der Waals surface area contributed by atoms with Gasteiger partial charge in [-0.1, -0.05) is 24.3 Å². The number of ether oxygens (including phenoxy) is 2. The molecule has 1 amide bonds. The molecule has 0 aliphatic heterocycles. The van der Waals surface area contributed by atoms with Crippen molar-refractivity contribution in [2.45, 2.75) is 19.6 Å². The van der Waals surface area contributed by atoms with Crippen molar-refractivity contribution in [2.24, 2.45) is 0 Å². The summed E-state index contributed by atoms with van der Waals surface area (Å²) in [6.45, 7) is 1.27. The fourth-order valence-corrected chi connectivity index (χ4v) is 2.99. The predicted molar refractivity (Wildman–Crippen MR) is 109 cm³/mol. The summed E-state index contributed by atoms with van der Waals surface area (Å²) in [6.07, 6.45) is 0.473. The number of nitrogens with one attached hydrogen (secondary N) is 1. The van der Waals surface area contributed by atoms with Gasteiger partial charge in [-0.25, -0.2) is 4.79 Å². The number of benzene rings is 2. The van der Waals surface area contributed by atoms with Crippen LogP contribution in [0.2, 0.25) is 0 Å². The highest BCUT2D eigenvalue weighted by Gasteiger charge is 2.21. The summed E-state index contributed by atoms with van der Waals surface area (Å²) in [7, 11) is 1.29. The maximum atomic E-state index is 12.4. The van der Waals surface area contributed by atoms with Gasteiger partial charge in [-0.15, -0.1) is 0 Å². The summed E-state index contributed by atoms with van der Waals surface area (Å²) < 4.78 is 11.6. The number of esters is 2. The van der Waals surface area contributed by atoms with Gasteiger partial charge >= 0.3 is 11.9 Å². The number of fused-ring (bicyclic) bond motifs is 1. The molecular formula is C22H19N3O5. The SMILES string of the molecule is COC(=O)c1cn(CC(=O)O[C@@H](C)C(=O)Nc2cccc(C#N)c2)c2ccccc12. The molecule has 30 heavy (non-hydrogen) atoms. The van der Waals surface area contributed by atoms with Crippen LogP contribution in [-0.2, 0) is 25.6 Å². The third kappa shape index (κ3) is 4.47. The van der Waals surface area contributed by atoms with Crippen LogP contribution in [0.4, 0.5) is 5.69 Å². The first-order valence-electron chi connectivity index (χ1n) is 9.09. The lowest BCUT2D eigenvalue weighted by molar-refractivity contribution is -0.153. The zero-order chi connectivity index (χ0) is 21.7. The number of carbonyl (C=O) groups excluding carboxylic acids is 3. The molecule has 2 aromatic carbocycles. The van der Waals surface area contributed by atoms with E-state index in [-0.39, 0.29) is 6.54 Å². The van der Waals surface area contributed by atoms with Crippen molar-refractivity contribution < 1.29 is 23.9 Å². The molecule has 0 unspecified atom stereocenters. The number of amides is 1. The maximum Gasteiger partial charge on any atom is 0.340 e. The number of anilines is 1. The summed E-state index contributed by atoms with van der Waals surface area (Å²) in [5, 5.41) is 12.2. The molecule has 0 saturated carbocycles. The standard InChI is InChI=1S/C22H19N3O5/c1-14(21(27)24-16-7-5-6-15(10-16)11-23)30-20(26)13-25-12-18(22(28)29-2)17-8-3-4-9-19(17)25/h3-10,12,14H,13H2,1-2H3,(H,24,27)/t14-/m0/s1. The molecule has 1 heterocycles. The number of methoxy groups -OCH3 is 1. The minimum Gasteiger partial charge on any atom is -0.465 e. The van der Waals surface area contributed by atoms with Crippen LogP contribution in [-0.4, -0.2) is 35.6 Å². The largest absolute Gasteiger partial charge is 0.465 e. The highest BCUT2D eigenvalue weighted by molar-refractivity contribution is 6.04. The van der Waals surface area contributed by atoms with E-state index in [2.05, 4.69) is 5.32 Å². The molecule has 0 spiro atoms. The Bertz CT molecular complexity index is 1160. The number of nitrogens with zero attached hydrogens (tertiary/aromatic N) is 2. The lowest BCUT2D eigenvalue weighted by Crippen LogP contribution is -2.31. The van der Waals surface area contributed by atoms with Crippen molar-refractivity contribution in [1.29, 1.82) is 5.26 Å². The van der Waals surface area contributed by atoms with Crippen LogP contribution in [0, 0.1) is 11.3 Å². The van der Waals surface area contributed by atoms with Crippen molar-refractivity contribution in [2.75, 3.05) is 12.4 Å². The first-order chi connectivity index (χ1) is 14.4. The summed E-state index contributed by atoms with van der Waals surface area (Å²) in [6, 6.07) is 15.5. The van der Waals surface area contributed by atoms with Crippen molar-refractivity contribution in [3.8, 4) is 6.07 Å². The molecule has 0 radical (unpaired) electrons. The van der Waals surface area contributed by atoms with Gasteiger partial charge in [0.1, 0.15) is 6.54 Å². The number of carbonyl (C=O) groups is 3. The molecule has 0 fully saturated rings. The normalized spacial score (nSPS) is 11.4. The highest BCUT2D eigenvalue weighted by Crippen LogP contribution is 2.22. The van der Waals surface area contributed by atoms with E-state index in [9.17, 15) is 14.4 Å². The molecule has 0 aliphatic carbocycles. The predicted octanol–water partition coefficient (Wildman–Crippen LogP) is 2.87. The van der Waals surface area contributed by atoms with Crippen molar-refractivity contribution in [3.63, 3.8) is 0 Å². The summed E-state index contributed by atoms with van der Waals surface area (Å²) in [5.41, 5.74) is 1.84. The number of rotatable bonds is 6. The molecule has 0 saturated heterocycles. The summed E-state index contributed by atoms with van der Waals surface area (Å²) >= 11 is 0. The molecule has 8 nitrogen and oxygen atoms in total. The third-order valence-electron chi connectivity index (χ3n) is 4.43. The fourth-order valence-electron chi connectivity index (χ4n) is 2.99. The quantitative estimate of drug-likeness (QED) is 0.632. The van der Waals surface area contributed by atoms with Gasteiger partial charge in [0, 0.05) is 22.8 Å². The lowest BCUT2D eigenvalue weighted by atomic mass is 10.2. The average molecular weight is 405 g/mol. The van der Waals surface area contributed by atoms with E-state index >= 15 is 0 Å². The van der Waals surface area contributed by atoms with E-state index in [0.29, 0.717) is 27.7 Å². The van der Waals surface area contributed by atoms with Gasteiger partial charge in [0.05, 0.1) is 24.3 Å². The number of para-hydroxylation sites is 1. The van der Waals surface area contributed by atoms with Crippen molar-refractivity contribution >= 4 is 34.4 Å². The monoisotopic (exact) mass is 405 g/mol. The van der Waals surface area contributed by atoms with Crippen LogP contribution in [0.15, 0.2) is 54.7 Å². The van der Waals surface area contributed by atoms with E-state index in [1.807, 2.05) is 6.07 Å².